The van der Waals surface area contributed by atoms with Crippen LogP contribution in [0.5, 0.6) is 0 Å². The van der Waals surface area contributed by atoms with Gasteiger partial charge in [-0.1, -0.05) is 301 Å². The van der Waals surface area contributed by atoms with Gasteiger partial charge in [0.2, 0.25) is 0 Å². The van der Waals surface area contributed by atoms with Gasteiger partial charge in [0.1, 0.15) is 13.2 Å². The Labute approximate surface area is 435 Å². The number of carbonyl (C=O) groups excluding carboxylic acids is 3. The van der Waals surface area contributed by atoms with Crippen molar-refractivity contribution in [1.82, 2.24) is 0 Å². The van der Waals surface area contributed by atoms with E-state index in [-0.39, 0.29) is 31.1 Å². The summed E-state index contributed by atoms with van der Waals surface area (Å²) < 4.78 is 16.9. The fourth-order valence-electron chi connectivity index (χ4n) is 9.28. The topological polar surface area (TPSA) is 78.9 Å². The quantitative estimate of drug-likeness (QED) is 0.0261. The van der Waals surface area contributed by atoms with Crippen LogP contribution >= 0.6 is 0 Å². The predicted molar refractivity (Wildman–Crippen MR) is 302 cm³/mol. The van der Waals surface area contributed by atoms with Gasteiger partial charge in [-0.2, -0.15) is 0 Å². The van der Waals surface area contributed by atoms with Crippen LogP contribution in [0.2, 0.25) is 0 Å². The normalized spacial score (nSPS) is 12.2. The molecule has 0 spiro atoms. The molecule has 0 heterocycles. The van der Waals surface area contributed by atoms with E-state index in [1.165, 1.54) is 199 Å². The molecule has 0 bridgehead atoms. The lowest BCUT2D eigenvalue weighted by atomic mass is 10.0. The number of esters is 3. The van der Waals surface area contributed by atoms with Crippen molar-refractivity contribution in [2.24, 2.45) is 0 Å². The van der Waals surface area contributed by atoms with Gasteiger partial charge in [-0.15, -0.1) is 0 Å². The largest absolute Gasteiger partial charge is 0.462 e. The molecule has 410 valence electrons. The molecule has 0 fully saturated rings. The average molecular weight is 984 g/mol. The Kier molecular flexibility index (Phi) is 57.2. The third-order valence-corrected chi connectivity index (χ3v) is 13.9. The van der Waals surface area contributed by atoms with E-state index >= 15 is 0 Å². The lowest BCUT2D eigenvalue weighted by Gasteiger charge is -2.18. The Bertz CT molecular complexity index is 1170. The summed E-state index contributed by atoms with van der Waals surface area (Å²) in [4.78, 5) is 38.3. The summed E-state index contributed by atoms with van der Waals surface area (Å²) in [6.07, 6.45) is 71.4. The van der Waals surface area contributed by atoms with Crippen molar-refractivity contribution in [3.63, 3.8) is 0 Å². The highest BCUT2D eigenvalue weighted by Gasteiger charge is 2.19. The molecule has 0 aliphatic carbocycles. The highest BCUT2D eigenvalue weighted by Crippen LogP contribution is 2.18. The van der Waals surface area contributed by atoms with Crippen LogP contribution in [0.1, 0.15) is 335 Å². The van der Waals surface area contributed by atoms with Crippen molar-refractivity contribution in [2.45, 2.75) is 341 Å². The Balaban J connectivity index is 4.32. The smallest absolute Gasteiger partial charge is 0.306 e. The van der Waals surface area contributed by atoms with Crippen LogP contribution in [-0.4, -0.2) is 37.2 Å². The number of hydrogen-bond donors (Lipinski definition) is 0. The summed E-state index contributed by atoms with van der Waals surface area (Å²) in [7, 11) is 0. The van der Waals surface area contributed by atoms with E-state index in [4.69, 9.17) is 14.2 Å². The number of ether oxygens (including phenoxy) is 3. The molecule has 1 atom stereocenters. The number of rotatable bonds is 57. The molecule has 0 amide bonds. The minimum Gasteiger partial charge on any atom is -0.462 e. The monoisotopic (exact) mass is 983 g/mol. The van der Waals surface area contributed by atoms with E-state index in [9.17, 15) is 14.4 Å². The zero-order valence-electron chi connectivity index (χ0n) is 47.1. The van der Waals surface area contributed by atoms with Crippen molar-refractivity contribution < 1.29 is 28.6 Å². The molecule has 0 aliphatic heterocycles. The molecule has 0 saturated heterocycles. The molecule has 6 nitrogen and oxygen atoms in total. The van der Waals surface area contributed by atoms with Gasteiger partial charge in [0, 0.05) is 19.3 Å². The average Bonchev–Trinajstić information content (AvgIpc) is 3.36. The van der Waals surface area contributed by atoms with Gasteiger partial charge < -0.3 is 14.2 Å². The zero-order chi connectivity index (χ0) is 50.7. The maximum Gasteiger partial charge on any atom is 0.306 e. The molecule has 0 rings (SSSR count). The van der Waals surface area contributed by atoms with Crippen molar-refractivity contribution in [2.75, 3.05) is 13.2 Å². The Morgan fingerprint density at radius 3 is 0.871 bits per heavy atom. The van der Waals surface area contributed by atoms with Crippen LogP contribution in [0, 0.1) is 0 Å². The molecule has 0 saturated carbocycles. The second kappa shape index (κ2) is 59.2. The fourth-order valence-corrected chi connectivity index (χ4v) is 9.28. The number of unbranched alkanes of at least 4 members (excludes halogenated alkanes) is 40. The summed E-state index contributed by atoms with van der Waals surface area (Å²) in [6.45, 7) is 6.58. The number of carbonyl (C=O) groups is 3. The van der Waals surface area contributed by atoms with E-state index < -0.39 is 6.10 Å². The molecule has 70 heavy (non-hydrogen) atoms. The molecule has 0 aromatic heterocycles. The predicted octanol–water partition coefficient (Wildman–Crippen LogP) is 20.8. The molecular weight excluding hydrogens is 865 g/mol. The Hall–Kier alpha value is -2.37. The fraction of sp³-hybridized carbons (Fsp3) is 0.859. The lowest BCUT2D eigenvalue weighted by Crippen LogP contribution is -2.30. The van der Waals surface area contributed by atoms with Gasteiger partial charge in [-0.05, 0) is 51.4 Å². The lowest BCUT2D eigenvalue weighted by molar-refractivity contribution is -0.167. The van der Waals surface area contributed by atoms with Crippen LogP contribution in [0.4, 0.5) is 0 Å². The first-order valence-corrected chi connectivity index (χ1v) is 31.0. The second-order valence-corrected chi connectivity index (χ2v) is 21.0. The van der Waals surface area contributed by atoms with Gasteiger partial charge in [0.05, 0.1) is 0 Å². The third kappa shape index (κ3) is 56.5. The van der Waals surface area contributed by atoms with Crippen molar-refractivity contribution in [3.8, 4) is 0 Å². The van der Waals surface area contributed by atoms with E-state index in [2.05, 4.69) is 57.2 Å². The van der Waals surface area contributed by atoms with Gasteiger partial charge in [0.15, 0.2) is 6.10 Å². The van der Waals surface area contributed by atoms with Crippen LogP contribution in [0.3, 0.4) is 0 Å². The van der Waals surface area contributed by atoms with Crippen molar-refractivity contribution in [1.29, 1.82) is 0 Å². The number of allylic oxidation sites excluding steroid dienone is 6. The second-order valence-electron chi connectivity index (χ2n) is 21.0. The Morgan fingerprint density at radius 2 is 0.557 bits per heavy atom. The van der Waals surface area contributed by atoms with Gasteiger partial charge in [0.25, 0.3) is 0 Å². The first kappa shape index (κ1) is 67.6. The van der Waals surface area contributed by atoms with Crippen LogP contribution in [-0.2, 0) is 28.6 Å². The maximum atomic E-state index is 12.9. The summed E-state index contributed by atoms with van der Waals surface area (Å²) in [5.74, 6) is -0.865. The Morgan fingerprint density at radius 1 is 0.300 bits per heavy atom. The SMILES string of the molecule is CC/C=C/C/C=C/C/C=C/CCCCCCCC(=O)OC[C@H](COC(=O)CCCCCCCCCCCCCCCCCCCCC)OC(=O)CCCCCCCCCCCCCCCCCCCC. The summed E-state index contributed by atoms with van der Waals surface area (Å²) in [5.41, 5.74) is 0. The van der Waals surface area contributed by atoms with E-state index in [1.54, 1.807) is 0 Å². The third-order valence-electron chi connectivity index (χ3n) is 13.9. The minimum atomic E-state index is -0.775. The van der Waals surface area contributed by atoms with E-state index in [1.807, 2.05) is 0 Å². The first-order valence-electron chi connectivity index (χ1n) is 31.0. The van der Waals surface area contributed by atoms with Crippen molar-refractivity contribution >= 4 is 17.9 Å². The minimum absolute atomic E-state index is 0.0723. The first-order chi connectivity index (χ1) is 34.5. The van der Waals surface area contributed by atoms with Crippen LogP contribution in [0.25, 0.3) is 0 Å². The van der Waals surface area contributed by atoms with Gasteiger partial charge >= 0.3 is 17.9 Å². The molecule has 0 radical (unpaired) electrons. The van der Waals surface area contributed by atoms with Gasteiger partial charge in [-0.3, -0.25) is 14.4 Å². The zero-order valence-corrected chi connectivity index (χ0v) is 47.1. The molecule has 0 aliphatic rings. The van der Waals surface area contributed by atoms with Crippen LogP contribution in [0.15, 0.2) is 36.5 Å². The molecular formula is C64H118O6. The summed E-state index contributed by atoms with van der Waals surface area (Å²) in [5, 5.41) is 0. The molecule has 0 aromatic rings. The maximum absolute atomic E-state index is 12.9. The van der Waals surface area contributed by atoms with Crippen LogP contribution < -0.4 is 0 Å². The standard InChI is InChI=1S/C64H118O6/c1-4-7-10-13-16-19-22-25-28-30-32-34-36-39-42-45-48-51-54-57-63(66)69-60-61(59-68-62(65)56-53-50-47-44-41-38-35-27-24-21-18-15-12-9-6-3)70-64(67)58-55-52-49-46-43-40-37-33-31-29-26-23-20-17-14-11-8-5-2/h9,12,18,21,27,35,61H,4-8,10-11,13-17,19-20,22-26,28-34,36-60H2,1-3H3/b12-9+,21-18+,35-27+/t61-/m1/s1. The highest BCUT2D eigenvalue weighted by atomic mass is 16.6. The molecule has 6 heteroatoms. The number of hydrogen-bond acceptors (Lipinski definition) is 6. The molecule has 0 aromatic carbocycles. The van der Waals surface area contributed by atoms with Gasteiger partial charge in [-0.25, -0.2) is 0 Å². The summed E-state index contributed by atoms with van der Waals surface area (Å²) >= 11 is 0. The molecule has 0 N–H and O–H groups in total. The van der Waals surface area contributed by atoms with E-state index in [0.717, 1.165) is 96.3 Å². The summed E-state index contributed by atoms with van der Waals surface area (Å²) in [6, 6.07) is 0. The molecule has 0 unspecified atom stereocenters. The van der Waals surface area contributed by atoms with E-state index in [0.29, 0.717) is 19.3 Å². The van der Waals surface area contributed by atoms with Crippen molar-refractivity contribution in [3.05, 3.63) is 36.5 Å². The highest BCUT2D eigenvalue weighted by molar-refractivity contribution is 5.71.